The van der Waals surface area contributed by atoms with E-state index in [1.807, 2.05) is 6.07 Å². The van der Waals surface area contributed by atoms with Crippen LogP contribution in [0.1, 0.15) is 34.1 Å². The first-order valence-electron chi connectivity index (χ1n) is 7.11. The first-order chi connectivity index (χ1) is 11.0. The standard InChI is InChI=1S/C17H16N2O4/c1-12(11-16(20)13-5-3-2-4-6-13)18-17(21)14-7-9-15(10-8-14)19(22)23/h2-10,12H,11H2,1H3,(H,18,21). The summed E-state index contributed by atoms with van der Waals surface area (Å²) in [5, 5.41) is 13.3. The van der Waals surface area contributed by atoms with Gasteiger partial charge >= 0.3 is 0 Å². The normalized spacial score (nSPS) is 11.5. The molecular formula is C17H16N2O4. The van der Waals surface area contributed by atoms with Gasteiger partial charge in [0.1, 0.15) is 0 Å². The fourth-order valence-corrected chi connectivity index (χ4v) is 2.11. The van der Waals surface area contributed by atoms with Gasteiger partial charge in [0.05, 0.1) is 4.92 Å². The van der Waals surface area contributed by atoms with Crippen LogP contribution in [-0.2, 0) is 0 Å². The number of benzene rings is 2. The molecule has 2 aromatic rings. The molecule has 0 bridgehead atoms. The van der Waals surface area contributed by atoms with Crippen molar-refractivity contribution >= 4 is 17.4 Å². The van der Waals surface area contributed by atoms with E-state index in [1.54, 1.807) is 31.2 Å². The number of hydrogen-bond acceptors (Lipinski definition) is 4. The molecule has 23 heavy (non-hydrogen) atoms. The quantitative estimate of drug-likeness (QED) is 0.504. The Bertz CT molecular complexity index is 711. The Morgan fingerprint density at radius 2 is 1.65 bits per heavy atom. The van der Waals surface area contributed by atoms with E-state index in [9.17, 15) is 19.7 Å². The Hall–Kier alpha value is -3.02. The van der Waals surface area contributed by atoms with Crippen molar-refractivity contribution in [3.05, 3.63) is 75.8 Å². The number of nitro benzene ring substituents is 1. The molecule has 0 heterocycles. The second-order valence-corrected chi connectivity index (χ2v) is 5.17. The van der Waals surface area contributed by atoms with Gasteiger partial charge in [-0.2, -0.15) is 0 Å². The molecule has 1 atom stereocenters. The van der Waals surface area contributed by atoms with E-state index in [1.165, 1.54) is 24.3 Å². The van der Waals surface area contributed by atoms with Crippen molar-refractivity contribution in [2.24, 2.45) is 0 Å². The number of nitro groups is 1. The van der Waals surface area contributed by atoms with Gasteiger partial charge in [-0.25, -0.2) is 0 Å². The van der Waals surface area contributed by atoms with Crippen molar-refractivity contribution in [3.8, 4) is 0 Å². The summed E-state index contributed by atoms with van der Waals surface area (Å²) in [5.41, 5.74) is 0.840. The number of nitrogens with one attached hydrogen (secondary N) is 1. The fourth-order valence-electron chi connectivity index (χ4n) is 2.11. The lowest BCUT2D eigenvalue weighted by Crippen LogP contribution is -2.34. The SMILES string of the molecule is CC(CC(=O)c1ccccc1)NC(=O)c1ccc([N+](=O)[O-])cc1. The van der Waals surface area contributed by atoms with E-state index in [-0.39, 0.29) is 29.8 Å². The molecule has 0 saturated heterocycles. The van der Waals surface area contributed by atoms with E-state index in [0.717, 1.165) is 0 Å². The highest BCUT2D eigenvalue weighted by Gasteiger charge is 2.15. The lowest BCUT2D eigenvalue weighted by atomic mass is 10.0. The van der Waals surface area contributed by atoms with E-state index in [2.05, 4.69) is 5.32 Å². The molecular weight excluding hydrogens is 296 g/mol. The lowest BCUT2D eigenvalue weighted by molar-refractivity contribution is -0.384. The van der Waals surface area contributed by atoms with Crippen LogP contribution in [0.2, 0.25) is 0 Å². The predicted octanol–water partition coefficient (Wildman–Crippen LogP) is 2.99. The minimum atomic E-state index is -0.525. The number of carbonyl (C=O) groups is 2. The first kappa shape index (κ1) is 16.4. The van der Waals surface area contributed by atoms with Gasteiger partial charge in [0.25, 0.3) is 11.6 Å². The minimum absolute atomic E-state index is 0.0536. The first-order valence-corrected chi connectivity index (χ1v) is 7.11. The number of carbonyl (C=O) groups excluding carboxylic acids is 2. The smallest absolute Gasteiger partial charge is 0.269 e. The fraction of sp³-hybridized carbons (Fsp3) is 0.176. The van der Waals surface area contributed by atoms with Gasteiger partial charge < -0.3 is 5.32 Å². The maximum Gasteiger partial charge on any atom is 0.269 e. The molecule has 0 radical (unpaired) electrons. The zero-order valence-corrected chi connectivity index (χ0v) is 12.6. The molecule has 0 saturated carbocycles. The highest BCUT2D eigenvalue weighted by molar-refractivity contribution is 5.98. The molecule has 118 valence electrons. The third-order valence-electron chi connectivity index (χ3n) is 3.31. The summed E-state index contributed by atoms with van der Waals surface area (Å²) in [6.45, 7) is 1.74. The second-order valence-electron chi connectivity index (χ2n) is 5.17. The van der Waals surface area contributed by atoms with Gasteiger partial charge in [-0.3, -0.25) is 19.7 Å². The Morgan fingerprint density at radius 1 is 1.04 bits per heavy atom. The van der Waals surface area contributed by atoms with Crippen LogP contribution < -0.4 is 5.32 Å². The monoisotopic (exact) mass is 312 g/mol. The van der Waals surface area contributed by atoms with Crippen molar-refractivity contribution in [1.29, 1.82) is 0 Å². The Labute approximate surface area is 133 Å². The van der Waals surface area contributed by atoms with Crippen LogP contribution in [-0.4, -0.2) is 22.7 Å². The molecule has 0 aromatic heterocycles. The van der Waals surface area contributed by atoms with Crippen LogP contribution >= 0.6 is 0 Å². The summed E-state index contributed by atoms with van der Waals surface area (Å²) in [5.74, 6) is -0.421. The average molecular weight is 312 g/mol. The molecule has 2 aromatic carbocycles. The molecule has 1 unspecified atom stereocenters. The maximum atomic E-state index is 12.1. The summed E-state index contributed by atoms with van der Waals surface area (Å²) in [6, 6.07) is 13.8. The van der Waals surface area contributed by atoms with Crippen LogP contribution in [0.25, 0.3) is 0 Å². The molecule has 0 aliphatic heterocycles. The molecule has 0 aliphatic carbocycles. The second kappa shape index (κ2) is 7.31. The van der Waals surface area contributed by atoms with Gasteiger partial charge in [0.2, 0.25) is 0 Å². The lowest BCUT2D eigenvalue weighted by Gasteiger charge is -2.13. The predicted molar refractivity (Wildman–Crippen MR) is 85.4 cm³/mol. The largest absolute Gasteiger partial charge is 0.349 e. The summed E-state index contributed by atoms with van der Waals surface area (Å²) >= 11 is 0. The molecule has 0 spiro atoms. The van der Waals surface area contributed by atoms with Gasteiger partial charge in [-0.1, -0.05) is 30.3 Å². The molecule has 0 fully saturated rings. The topological polar surface area (TPSA) is 89.3 Å². The van der Waals surface area contributed by atoms with Crippen LogP contribution in [0.3, 0.4) is 0 Å². The Kier molecular flexibility index (Phi) is 5.19. The molecule has 0 aliphatic rings. The highest BCUT2D eigenvalue weighted by Crippen LogP contribution is 2.12. The summed E-state index contributed by atoms with van der Waals surface area (Å²) in [6.07, 6.45) is 0.183. The highest BCUT2D eigenvalue weighted by atomic mass is 16.6. The van der Waals surface area contributed by atoms with Crippen molar-refractivity contribution in [3.63, 3.8) is 0 Å². The summed E-state index contributed by atoms with van der Waals surface area (Å²) in [4.78, 5) is 34.2. The third-order valence-corrected chi connectivity index (χ3v) is 3.31. The van der Waals surface area contributed by atoms with Crippen LogP contribution in [0.15, 0.2) is 54.6 Å². The van der Waals surface area contributed by atoms with Gasteiger partial charge in [0.15, 0.2) is 5.78 Å². The molecule has 2 rings (SSSR count). The zero-order valence-electron chi connectivity index (χ0n) is 12.6. The van der Waals surface area contributed by atoms with Crippen LogP contribution in [0.4, 0.5) is 5.69 Å². The van der Waals surface area contributed by atoms with E-state index in [4.69, 9.17) is 0 Å². The number of hydrogen-bond donors (Lipinski definition) is 1. The maximum absolute atomic E-state index is 12.1. The summed E-state index contributed by atoms with van der Waals surface area (Å²) < 4.78 is 0. The number of non-ortho nitro benzene ring substituents is 1. The Morgan fingerprint density at radius 3 is 2.22 bits per heavy atom. The number of amides is 1. The molecule has 6 nitrogen and oxygen atoms in total. The molecule has 1 N–H and O–H groups in total. The number of nitrogens with zero attached hydrogens (tertiary/aromatic N) is 1. The average Bonchev–Trinajstić information content (AvgIpc) is 2.55. The van der Waals surface area contributed by atoms with Crippen molar-refractivity contribution in [2.75, 3.05) is 0 Å². The van der Waals surface area contributed by atoms with Gasteiger partial charge in [-0.15, -0.1) is 0 Å². The van der Waals surface area contributed by atoms with E-state index >= 15 is 0 Å². The molecule has 1 amide bonds. The zero-order chi connectivity index (χ0) is 16.8. The van der Waals surface area contributed by atoms with Crippen molar-refractivity contribution in [1.82, 2.24) is 5.32 Å². The number of Topliss-reactive ketones (excluding diaryl/α,β-unsaturated/α-hetero) is 1. The molecule has 6 heteroatoms. The van der Waals surface area contributed by atoms with Crippen molar-refractivity contribution < 1.29 is 14.5 Å². The van der Waals surface area contributed by atoms with Gasteiger partial charge in [-0.05, 0) is 19.1 Å². The Balaban J connectivity index is 1.94. The minimum Gasteiger partial charge on any atom is -0.349 e. The van der Waals surface area contributed by atoms with Gasteiger partial charge in [0, 0.05) is 35.7 Å². The van der Waals surface area contributed by atoms with E-state index < -0.39 is 4.92 Å². The number of ketones is 1. The van der Waals surface area contributed by atoms with Crippen LogP contribution in [0.5, 0.6) is 0 Å². The van der Waals surface area contributed by atoms with Crippen molar-refractivity contribution in [2.45, 2.75) is 19.4 Å². The van der Waals surface area contributed by atoms with Crippen LogP contribution in [0, 0.1) is 10.1 Å². The van der Waals surface area contributed by atoms with E-state index in [0.29, 0.717) is 11.1 Å². The third kappa shape index (κ3) is 4.47. The number of rotatable bonds is 6. The summed E-state index contributed by atoms with van der Waals surface area (Å²) in [7, 11) is 0.